The highest BCUT2D eigenvalue weighted by molar-refractivity contribution is 7.99. The van der Waals surface area contributed by atoms with Gasteiger partial charge in [-0.15, -0.1) is 0 Å². The zero-order valence-electron chi connectivity index (χ0n) is 9.44. The van der Waals surface area contributed by atoms with E-state index in [0.717, 1.165) is 18.6 Å². The monoisotopic (exact) mass is 249 g/mol. The van der Waals surface area contributed by atoms with Crippen molar-refractivity contribution in [2.24, 2.45) is 0 Å². The lowest BCUT2D eigenvalue weighted by molar-refractivity contribution is -0.141. The van der Waals surface area contributed by atoms with Gasteiger partial charge in [-0.05, 0) is 12.2 Å². The molecule has 0 aromatic rings. The van der Waals surface area contributed by atoms with Crippen LogP contribution >= 0.6 is 11.8 Å². The maximum atomic E-state index is 11.3. The Morgan fingerprint density at radius 2 is 2.12 bits per heavy atom. The number of aliphatic carboxylic acids is 1. The van der Waals surface area contributed by atoms with Gasteiger partial charge < -0.3 is 15.5 Å². The summed E-state index contributed by atoms with van der Waals surface area (Å²) in [6, 6.07) is -0.982. The zero-order valence-corrected chi connectivity index (χ0v) is 10.3. The largest absolute Gasteiger partial charge is 0.480 e. The van der Waals surface area contributed by atoms with Crippen LogP contribution in [0.2, 0.25) is 0 Å². The number of thioether (sulfide) groups is 1. The number of rotatable bonds is 9. The number of aliphatic hydroxyl groups is 1. The number of unbranched alkanes of at least 4 members (excludes halogenated alkanes) is 1. The van der Waals surface area contributed by atoms with Crippen LogP contribution in [-0.2, 0) is 9.59 Å². The van der Waals surface area contributed by atoms with Gasteiger partial charge in [0.05, 0.1) is 5.75 Å². The van der Waals surface area contributed by atoms with Gasteiger partial charge in [0.1, 0.15) is 6.04 Å². The van der Waals surface area contributed by atoms with Gasteiger partial charge in [-0.3, -0.25) is 4.79 Å². The van der Waals surface area contributed by atoms with Gasteiger partial charge in [0.15, 0.2) is 0 Å². The summed E-state index contributed by atoms with van der Waals surface area (Å²) in [7, 11) is 0. The Kier molecular flexibility index (Phi) is 9.03. The van der Waals surface area contributed by atoms with Gasteiger partial charge in [0.2, 0.25) is 5.91 Å². The molecule has 16 heavy (non-hydrogen) atoms. The summed E-state index contributed by atoms with van der Waals surface area (Å²) in [5.41, 5.74) is 0. The van der Waals surface area contributed by atoms with Crippen LogP contribution < -0.4 is 5.32 Å². The first kappa shape index (κ1) is 15.2. The highest BCUT2D eigenvalue weighted by atomic mass is 32.2. The maximum Gasteiger partial charge on any atom is 0.326 e. The number of nitrogens with one attached hydrogen (secondary N) is 1. The number of hydrogen-bond acceptors (Lipinski definition) is 4. The summed E-state index contributed by atoms with van der Waals surface area (Å²) < 4.78 is 0. The van der Waals surface area contributed by atoms with E-state index in [9.17, 15) is 9.59 Å². The molecule has 0 spiro atoms. The van der Waals surface area contributed by atoms with E-state index in [4.69, 9.17) is 10.2 Å². The fourth-order valence-electron chi connectivity index (χ4n) is 1.03. The Balaban J connectivity index is 3.77. The third kappa shape index (κ3) is 7.53. The van der Waals surface area contributed by atoms with E-state index in [-0.39, 0.29) is 24.7 Å². The topological polar surface area (TPSA) is 86.6 Å². The molecule has 3 N–H and O–H groups in total. The number of carbonyl (C=O) groups is 2. The third-order valence-corrected chi connectivity index (χ3v) is 2.97. The summed E-state index contributed by atoms with van der Waals surface area (Å²) >= 11 is 1.49. The van der Waals surface area contributed by atoms with Crippen LogP contribution in [0.5, 0.6) is 0 Å². The normalized spacial score (nSPS) is 12.1. The third-order valence-electron chi connectivity index (χ3n) is 1.93. The van der Waals surface area contributed by atoms with Gasteiger partial charge in [-0.2, -0.15) is 11.8 Å². The second-order valence-corrected chi connectivity index (χ2v) is 4.48. The molecule has 0 aliphatic rings. The summed E-state index contributed by atoms with van der Waals surface area (Å²) in [5.74, 6) is -0.223. The molecule has 0 bridgehead atoms. The Labute approximate surface area is 99.6 Å². The van der Waals surface area contributed by atoms with Gasteiger partial charge >= 0.3 is 5.97 Å². The Bertz CT molecular complexity index is 223. The molecule has 0 aliphatic carbocycles. The van der Waals surface area contributed by atoms with Crippen LogP contribution in [0, 0.1) is 0 Å². The predicted molar refractivity (Wildman–Crippen MR) is 63.5 cm³/mol. The molecule has 0 aliphatic heterocycles. The number of amides is 1. The van der Waals surface area contributed by atoms with Crippen molar-refractivity contribution in [3.63, 3.8) is 0 Å². The maximum absolute atomic E-state index is 11.3. The first-order valence-corrected chi connectivity index (χ1v) is 6.48. The first-order chi connectivity index (χ1) is 7.61. The minimum atomic E-state index is -1.11. The molecule has 1 unspecified atom stereocenters. The summed E-state index contributed by atoms with van der Waals surface area (Å²) in [5, 5.41) is 19.7. The average Bonchev–Trinajstić information content (AvgIpc) is 2.23. The quantitative estimate of drug-likeness (QED) is 0.517. The van der Waals surface area contributed by atoms with E-state index >= 15 is 0 Å². The SMILES string of the molecule is CCCCSCC(=O)NC(CCO)C(=O)O. The predicted octanol–water partition coefficient (Wildman–Crippen LogP) is 0.471. The van der Waals surface area contributed by atoms with Crippen molar-refractivity contribution >= 4 is 23.6 Å². The molecule has 0 fully saturated rings. The summed E-state index contributed by atoms with van der Waals surface area (Å²) in [4.78, 5) is 22.0. The molecule has 0 saturated carbocycles. The van der Waals surface area contributed by atoms with Crippen molar-refractivity contribution in [3.8, 4) is 0 Å². The van der Waals surface area contributed by atoms with E-state index < -0.39 is 12.0 Å². The number of carboxylic acid groups (broad SMARTS) is 1. The number of aliphatic hydroxyl groups excluding tert-OH is 1. The fourth-order valence-corrected chi connectivity index (χ4v) is 1.94. The lowest BCUT2D eigenvalue weighted by Gasteiger charge is -2.12. The number of hydrogen-bond donors (Lipinski definition) is 3. The van der Waals surface area contributed by atoms with E-state index in [1.165, 1.54) is 11.8 Å². The van der Waals surface area contributed by atoms with Gasteiger partial charge in [0, 0.05) is 13.0 Å². The molecule has 0 heterocycles. The molecular weight excluding hydrogens is 230 g/mol. The van der Waals surface area contributed by atoms with Crippen molar-refractivity contribution in [2.45, 2.75) is 32.2 Å². The molecule has 0 saturated heterocycles. The minimum absolute atomic E-state index is 0.0424. The number of carbonyl (C=O) groups excluding carboxylic acids is 1. The molecular formula is C10H19NO4S. The molecule has 0 aromatic heterocycles. The van der Waals surface area contributed by atoms with E-state index in [1.807, 2.05) is 0 Å². The van der Waals surface area contributed by atoms with Crippen molar-refractivity contribution < 1.29 is 19.8 Å². The van der Waals surface area contributed by atoms with E-state index in [0.29, 0.717) is 0 Å². The minimum Gasteiger partial charge on any atom is -0.480 e. The van der Waals surface area contributed by atoms with Crippen LogP contribution in [0.15, 0.2) is 0 Å². The van der Waals surface area contributed by atoms with Crippen LogP contribution in [0.25, 0.3) is 0 Å². The molecule has 1 atom stereocenters. The van der Waals surface area contributed by atoms with E-state index in [1.54, 1.807) is 0 Å². The highest BCUT2D eigenvalue weighted by Gasteiger charge is 2.18. The number of carboxylic acids is 1. The molecule has 0 aromatic carbocycles. The second kappa shape index (κ2) is 9.47. The van der Waals surface area contributed by atoms with Gasteiger partial charge in [0.25, 0.3) is 0 Å². The second-order valence-electron chi connectivity index (χ2n) is 3.38. The van der Waals surface area contributed by atoms with Crippen LogP contribution in [0.3, 0.4) is 0 Å². The Morgan fingerprint density at radius 1 is 1.44 bits per heavy atom. The smallest absolute Gasteiger partial charge is 0.326 e. The molecule has 1 amide bonds. The molecule has 0 rings (SSSR count). The molecule has 94 valence electrons. The first-order valence-electron chi connectivity index (χ1n) is 5.32. The van der Waals surface area contributed by atoms with Crippen LogP contribution in [0.4, 0.5) is 0 Å². The van der Waals surface area contributed by atoms with Crippen molar-refractivity contribution in [1.29, 1.82) is 0 Å². The lowest BCUT2D eigenvalue weighted by atomic mass is 10.2. The molecule has 6 heteroatoms. The van der Waals surface area contributed by atoms with Crippen LogP contribution in [-0.4, -0.2) is 46.2 Å². The highest BCUT2D eigenvalue weighted by Crippen LogP contribution is 2.04. The zero-order chi connectivity index (χ0) is 12.4. The Morgan fingerprint density at radius 3 is 2.62 bits per heavy atom. The summed E-state index contributed by atoms with van der Waals surface area (Å²) in [6.45, 7) is 1.82. The van der Waals surface area contributed by atoms with Crippen molar-refractivity contribution in [2.75, 3.05) is 18.1 Å². The van der Waals surface area contributed by atoms with Crippen LogP contribution in [0.1, 0.15) is 26.2 Å². The van der Waals surface area contributed by atoms with Crippen molar-refractivity contribution in [3.05, 3.63) is 0 Å². The summed E-state index contributed by atoms with van der Waals surface area (Å²) in [6.07, 6.45) is 2.18. The standard InChI is InChI=1S/C10H19NO4S/c1-2-3-6-16-7-9(13)11-8(4-5-12)10(14)15/h8,12H,2-7H2,1H3,(H,11,13)(H,14,15). The van der Waals surface area contributed by atoms with Gasteiger partial charge in [-0.25, -0.2) is 4.79 Å². The lowest BCUT2D eigenvalue weighted by Crippen LogP contribution is -2.42. The molecule has 5 nitrogen and oxygen atoms in total. The van der Waals surface area contributed by atoms with Gasteiger partial charge in [-0.1, -0.05) is 13.3 Å². The average molecular weight is 249 g/mol. The van der Waals surface area contributed by atoms with Crippen molar-refractivity contribution in [1.82, 2.24) is 5.32 Å². The van der Waals surface area contributed by atoms with E-state index in [2.05, 4.69) is 12.2 Å². The fraction of sp³-hybridized carbons (Fsp3) is 0.800. The molecule has 0 radical (unpaired) electrons. The Hall–Kier alpha value is -0.750.